The predicted octanol–water partition coefficient (Wildman–Crippen LogP) is 5.65. The van der Waals surface area contributed by atoms with Gasteiger partial charge in [-0.15, -0.1) is 11.3 Å². The molecule has 30 heavy (non-hydrogen) atoms. The Morgan fingerprint density at radius 1 is 1.10 bits per heavy atom. The number of nitrogens with zero attached hydrogens (tertiary/aromatic N) is 2. The third-order valence-corrected chi connectivity index (χ3v) is 6.45. The van der Waals surface area contributed by atoms with E-state index in [2.05, 4.69) is 4.90 Å². The van der Waals surface area contributed by atoms with E-state index in [0.717, 1.165) is 48.1 Å². The second kappa shape index (κ2) is 9.06. The molecular weight excluding hydrogens is 402 g/mol. The van der Waals surface area contributed by atoms with E-state index in [0.29, 0.717) is 12.1 Å². The smallest absolute Gasteiger partial charge is 0.268 e. The summed E-state index contributed by atoms with van der Waals surface area (Å²) in [6.45, 7) is 3.98. The standard InChI is InChI=1S/C24H24F2N2OS/c1-17-4-8-20(9-5-17)28(24(29)23-3-2-14-30-23)21-10-12-27(13-11-21)16-18-6-7-19(25)15-22(18)26/h2-9,14-15,21H,10-13,16H2,1H3. The number of likely N-dealkylation sites (tertiary alicyclic amines) is 1. The summed E-state index contributed by atoms with van der Waals surface area (Å²) in [4.78, 5) is 18.1. The molecule has 1 aliphatic heterocycles. The molecule has 1 amide bonds. The monoisotopic (exact) mass is 426 g/mol. The number of carbonyl (C=O) groups is 1. The van der Waals surface area contributed by atoms with Crippen LogP contribution in [0.3, 0.4) is 0 Å². The lowest BCUT2D eigenvalue weighted by molar-refractivity contribution is 0.0962. The third-order valence-electron chi connectivity index (χ3n) is 5.59. The number of thiophene rings is 1. The molecule has 0 unspecified atom stereocenters. The Bertz CT molecular complexity index is 997. The van der Waals surface area contributed by atoms with E-state index in [1.54, 1.807) is 0 Å². The summed E-state index contributed by atoms with van der Waals surface area (Å²) in [7, 11) is 0. The number of hydrogen-bond donors (Lipinski definition) is 0. The van der Waals surface area contributed by atoms with Gasteiger partial charge in [-0.1, -0.05) is 29.8 Å². The normalized spacial score (nSPS) is 15.3. The van der Waals surface area contributed by atoms with E-state index < -0.39 is 11.6 Å². The van der Waals surface area contributed by atoms with Gasteiger partial charge in [0.2, 0.25) is 0 Å². The van der Waals surface area contributed by atoms with Gasteiger partial charge in [-0.25, -0.2) is 8.78 Å². The fourth-order valence-electron chi connectivity index (χ4n) is 3.94. The van der Waals surface area contributed by atoms with Gasteiger partial charge >= 0.3 is 0 Å². The molecule has 0 atom stereocenters. The van der Waals surface area contributed by atoms with Gasteiger partial charge in [-0.05, 0) is 49.4 Å². The number of piperidine rings is 1. The zero-order chi connectivity index (χ0) is 21.1. The van der Waals surface area contributed by atoms with Crippen LogP contribution in [0.15, 0.2) is 60.0 Å². The number of halogens is 2. The molecule has 1 aliphatic rings. The molecule has 0 N–H and O–H groups in total. The highest BCUT2D eigenvalue weighted by molar-refractivity contribution is 7.12. The van der Waals surface area contributed by atoms with Crippen molar-refractivity contribution in [3.63, 3.8) is 0 Å². The first-order valence-corrected chi connectivity index (χ1v) is 11.0. The van der Waals surface area contributed by atoms with Gasteiger partial charge in [-0.3, -0.25) is 9.69 Å². The molecule has 0 saturated carbocycles. The van der Waals surface area contributed by atoms with E-state index in [1.165, 1.54) is 23.5 Å². The molecule has 0 radical (unpaired) electrons. The molecule has 156 valence electrons. The summed E-state index contributed by atoms with van der Waals surface area (Å²) in [5.74, 6) is -1.04. The van der Waals surface area contributed by atoms with E-state index in [9.17, 15) is 13.6 Å². The van der Waals surface area contributed by atoms with Crippen LogP contribution in [0.4, 0.5) is 14.5 Å². The van der Waals surface area contributed by atoms with Gasteiger partial charge in [0.25, 0.3) is 5.91 Å². The molecule has 0 spiro atoms. The lowest BCUT2D eigenvalue weighted by Crippen LogP contribution is -2.47. The highest BCUT2D eigenvalue weighted by Crippen LogP contribution is 2.28. The average Bonchev–Trinajstić information content (AvgIpc) is 3.28. The molecule has 3 nitrogen and oxygen atoms in total. The van der Waals surface area contributed by atoms with Crippen molar-refractivity contribution in [3.05, 3.63) is 87.6 Å². The molecule has 1 aromatic heterocycles. The Balaban J connectivity index is 1.49. The quantitative estimate of drug-likeness (QED) is 0.527. The minimum atomic E-state index is -0.559. The number of carbonyl (C=O) groups excluding carboxylic acids is 1. The summed E-state index contributed by atoms with van der Waals surface area (Å²) in [5, 5.41) is 1.92. The topological polar surface area (TPSA) is 23.6 Å². The molecule has 0 bridgehead atoms. The van der Waals surface area contributed by atoms with Crippen molar-refractivity contribution in [2.45, 2.75) is 32.4 Å². The molecule has 3 aromatic rings. The maximum Gasteiger partial charge on any atom is 0.268 e. The van der Waals surface area contributed by atoms with Gasteiger partial charge in [0, 0.05) is 43.0 Å². The Hall–Kier alpha value is -2.57. The number of anilines is 1. The van der Waals surface area contributed by atoms with Crippen LogP contribution in [-0.2, 0) is 6.54 Å². The fourth-order valence-corrected chi connectivity index (χ4v) is 4.60. The molecule has 4 rings (SSSR count). The van der Waals surface area contributed by atoms with Crippen molar-refractivity contribution in [2.24, 2.45) is 0 Å². The van der Waals surface area contributed by atoms with Crippen molar-refractivity contribution in [2.75, 3.05) is 18.0 Å². The van der Waals surface area contributed by atoms with Gasteiger partial charge in [0.1, 0.15) is 11.6 Å². The maximum atomic E-state index is 14.0. The molecule has 1 saturated heterocycles. The number of amides is 1. The van der Waals surface area contributed by atoms with Crippen LogP contribution in [-0.4, -0.2) is 29.9 Å². The van der Waals surface area contributed by atoms with Crippen LogP contribution >= 0.6 is 11.3 Å². The first-order valence-electron chi connectivity index (χ1n) is 10.1. The Labute approximate surface area is 179 Å². The fraction of sp³-hybridized carbons (Fsp3) is 0.292. The van der Waals surface area contributed by atoms with Crippen LogP contribution in [0, 0.1) is 18.6 Å². The summed E-state index contributed by atoms with van der Waals surface area (Å²) in [6.07, 6.45) is 1.60. The van der Waals surface area contributed by atoms with E-state index in [-0.39, 0.29) is 11.9 Å². The van der Waals surface area contributed by atoms with E-state index in [4.69, 9.17) is 0 Å². The van der Waals surface area contributed by atoms with E-state index in [1.807, 2.05) is 53.6 Å². The summed E-state index contributed by atoms with van der Waals surface area (Å²) < 4.78 is 27.2. The van der Waals surface area contributed by atoms with Crippen LogP contribution in [0.25, 0.3) is 0 Å². The van der Waals surface area contributed by atoms with Gasteiger partial charge < -0.3 is 4.90 Å². The van der Waals surface area contributed by atoms with Gasteiger partial charge in [0.05, 0.1) is 4.88 Å². The molecule has 6 heteroatoms. The highest BCUT2D eigenvalue weighted by atomic mass is 32.1. The van der Waals surface area contributed by atoms with Gasteiger partial charge in [0.15, 0.2) is 0 Å². The predicted molar refractivity (Wildman–Crippen MR) is 117 cm³/mol. The molecule has 2 heterocycles. The Morgan fingerprint density at radius 2 is 1.83 bits per heavy atom. The minimum absolute atomic E-state index is 0.0249. The molecular formula is C24H24F2N2OS. The van der Waals surface area contributed by atoms with Crippen molar-refractivity contribution in [1.29, 1.82) is 0 Å². The van der Waals surface area contributed by atoms with Crippen LogP contribution in [0.1, 0.15) is 33.6 Å². The Morgan fingerprint density at radius 3 is 2.47 bits per heavy atom. The average molecular weight is 427 g/mol. The first kappa shape index (κ1) is 20.7. The Kier molecular flexibility index (Phi) is 6.25. The largest absolute Gasteiger partial charge is 0.305 e. The summed E-state index contributed by atoms with van der Waals surface area (Å²) in [5.41, 5.74) is 2.56. The summed E-state index contributed by atoms with van der Waals surface area (Å²) >= 11 is 1.45. The second-order valence-electron chi connectivity index (χ2n) is 7.73. The number of rotatable bonds is 5. The number of hydrogen-bond acceptors (Lipinski definition) is 3. The van der Waals surface area contributed by atoms with Crippen LogP contribution in [0.2, 0.25) is 0 Å². The summed E-state index contributed by atoms with van der Waals surface area (Å²) in [6, 6.07) is 15.6. The second-order valence-corrected chi connectivity index (χ2v) is 8.68. The maximum absolute atomic E-state index is 14.0. The molecule has 1 fully saturated rings. The molecule has 0 aliphatic carbocycles. The lowest BCUT2D eigenvalue weighted by Gasteiger charge is -2.38. The molecule has 2 aromatic carbocycles. The van der Waals surface area contributed by atoms with Crippen molar-refractivity contribution in [3.8, 4) is 0 Å². The SMILES string of the molecule is Cc1ccc(N(C(=O)c2cccs2)C2CCN(Cc3ccc(F)cc3F)CC2)cc1. The van der Waals surface area contributed by atoms with Crippen molar-refractivity contribution in [1.82, 2.24) is 4.90 Å². The van der Waals surface area contributed by atoms with Crippen LogP contribution in [0.5, 0.6) is 0 Å². The minimum Gasteiger partial charge on any atom is -0.305 e. The van der Waals surface area contributed by atoms with Crippen LogP contribution < -0.4 is 4.90 Å². The van der Waals surface area contributed by atoms with Crippen molar-refractivity contribution >= 4 is 22.9 Å². The zero-order valence-electron chi connectivity index (χ0n) is 16.9. The highest BCUT2D eigenvalue weighted by Gasteiger charge is 2.30. The number of benzene rings is 2. The third kappa shape index (κ3) is 4.60. The lowest BCUT2D eigenvalue weighted by atomic mass is 10.0. The van der Waals surface area contributed by atoms with Crippen molar-refractivity contribution < 1.29 is 13.6 Å². The van der Waals surface area contributed by atoms with E-state index >= 15 is 0 Å². The number of aryl methyl sites for hydroxylation is 1. The van der Waals surface area contributed by atoms with Gasteiger partial charge in [-0.2, -0.15) is 0 Å². The zero-order valence-corrected chi connectivity index (χ0v) is 17.7. The first-order chi connectivity index (χ1) is 14.5.